The number of halogens is 5. The molecule has 0 bridgehead atoms. The number of furan rings is 1. The van der Waals surface area contributed by atoms with Crippen molar-refractivity contribution in [3.05, 3.63) is 279 Å². The summed E-state index contributed by atoms with van der Waals surface area (Å²) in [5, 5.41) is 18.3. The second-order valence-electron chi connectivity index (χ2n) is 33.2. The summed E-state index contributed by atoms with van der Waals surface area (Å²) in [6.07, 6.45) is 20.9. The lowest BCUT2D eigenvalue weighted by Crippen LogP contribution is -2.52. The minimum Gasteiger partial charge on any atom is -0.493 e. The standard InChI is InChI=1S/C10H14O2.C10H12O2.C9H9F3.C9H12O2S.C9H12O2.C9H12.C8H8F2.C8H16.C8H10.C6H14NO2.C6H13NO.C6H12O.C6H8O.C4H12NO.C4H11N/c1-4-8-5-6-9(11-2)10(7-8)12-3;1-3-8-4-6-9(7-5-8)10(11)12-2;1-2-7-3-5-8(6-4-7)9(10,11)12;1-3-8-4-6-9(7-5-8)12(2,10)11;1-7-4-5-8(10-2)9(6-7)11-3;1-2-6-9-7-4-3-5-8-9;1-2-6-3-4-7(9)5-8(6)10;2*1-2-8-6-4-3-5-7-8;1-2-7(8)3-5-9-6-4-7;1-2-7-3-5-8-6-4-7;2*1-2-6-4-3-5-7-6;1-4-5(2,3)6;1-4-5(2)3/h5-7H,4H2,1-3H3;4-7H,3H2,1-2H3;3-6H,2H2,1H3;4-7H,3H2,1-2H3;4-6H,1-3H3;3-5,7-8H,2,6H2,1H3;3-5H,2H2,1H3;8H,2-7H2,1H3;3-7H,2H2,1H3;8H,2-6H2,1H3;2-6H2,1H3;6H,2-5H2,1H3;3-5H,2H2,1H3;6H,4H2,1-3H3;4H2,1-3H3/q;;;;;;;;;+1;;;;+1;. The Bertz CT molecular complexity index is 4410. The maximum atomic E-state index is 12.6. The van der Waals surface area contributed by atoms with Gasteiger partial charge in [0.2, 0.25) is 0 Å². The molecule has 766 valence electrons. The minimum atomic E-state index is -4.22. The van der Waals surface area contributed by atoms with E-state index in [9.17, 15) is 40.4 Å². The number of alkyl halides is 3. The fourth-order valence-corrected chi connectivity index (χ4v) is 13.0. The average molecular weight is 1930 g/mol. The van der Waals surface area contributed by atoms with Crippen LogP contribution in [0.5, 0.6) is 23.0 Å². The van der Waals surface area contributed by atoms with Crippen molar-refractivity contribution in [3.63, 3.8) is 0 Å². The molecule has 1 aromatic heterocycles. The van der Waals surface area contributed by atoms with E-state index in [0.717, 1.165) is 168 Å². The number of morpholine rings is 2. The largest absolute Gasteiger partial charge is 0.493 e. The number of quaternary nitrogens is 2. The van der Waals surface area contributed by atoms with Crippen LogP contribution in [-0.4, -0.2) is 205 Å². The normalized spacial score (nSPS) is 13.8. The van der Waals surface area contributed by atoms with E-state index >= 15 is 0 Å². The third kappa shape index (κ3) is 64.2. The van der Waals surface area contributed by atoms with E-state index in [1.165, 1.54) is 143 Å². The van der Waals surface area contributed by atoms with E-state index in [2.05, 4.69) is 146 Å². The molecule has 4 heterocycles. The first kappa shape index (κ1) is 129. The molecule has 4 aliphatic rings. The third-order valence-electron chi connectivity index (χ3n) is 22.2. The second-order valence-corrected chi connectivity index (χ2v) is 35.2. The lowest BCUT2D eigenvalue weighted by Gasteiger charge is -2.31. The van der Waals surface area contributed by atoms with Crippen LogP contribution < -0.4 is 18.9 Å². The summed E-state index contributed by atoms with van der Waals surface area (Å²) in [7, 11) is 12.5. The molecular formula is C112H175F5N4O14S+2. The van der Waals surface area contributed by atoms with Gasteiger partial charge in [-0.25, -0.2) is 32.4 Å². The zero-order valence-corrected chi connectivity index (χ0v) is 88.4. The Morgan fingerprint density at radius 2 is 0.985 bits per heavy atom. The SMILES string of the molecule is CCC1CCCCC1.CCC1CCCO1.CCCc1ccccc1.CCN(C)C.CCN1CCOCC1.CC[N+](C)(C)O.CC[N+]1(O)CCOCC1.CCc1ccc(C(=O)OC)cc1.CCc1ccc(C(F)(F)F)cc1.CCc1ccc(F)cc1F.CCc1ccc(OC)c(OC)c1.CCc1ccc(S(C)(=O)=O)cc1.CCc1ccccc1.CCc1ccco1.COc1ccc(C)cc1OC. The van der Waals surface area contributed by atoms with Crippen LogP contribution in [0, 0.1) is 24.5 Å². The van der Waals surface area contributed by atoms with Gasteiger partial charge < -0.3 is 47.2 Å². The van der Waals surface area contributed by atoms with Gasteiger partial charge in [-0.2, -0.15) is 22.5 Å². The Morgan fingerprint density at radius 1 is 0.522 bits per heavy atom. The number of sulfone groups is 1. The van der Waals surface area contributed by atoms with Crippen molar-refractivity contribution >= 4 is 15.8 Å². The molecule has 0 spiro atoms. The summed E-state index contributed by atoms with van der Waals surface area (Å²) in [4.78, 5) is 15.9. The first-order valence-corrected chi connectivity index (χ1v) is 50.6. The Hall–Kier alpha value is -9.05. The molecule has 18 nitrogen and oxygen atoms in total. The van der Waals surface area contributed by atoms with Crippen molar-refractivity contribution in [3.8, 4) is 23.0 Å². The number of carbonyl (C=O) groups excluding carboxylic acids is 1. The highest BCUT2D eigenvalue weighted by atomic mass is 32.2. The maximum Gasteiger partial charge on any atom is 0.416 e. The van der Waals surface area contributed by atoms with Crippen LogP contribution in [0.3, 0.4) is 0 Å². The zero-order chi connectivity index (χ0) is 103. The minimum absolute atomic E-state index is 0.0694. The molecule has 13 rings (SSSR count). The van der Waals surface area contributed by atoms with Gasteiger partial charge in [-0.15, -0.1) is 0 Å². The fraction of sp³-hybridized carbons (Fsp3) is 0.527. The number of aryl methyl sites for hydroxylation is 9. The van der Waals surface area contributed by atoms with Gasteiger partial charge in [0, 0.05) is 38.4 Å². The van der Waals surface area contributed by atoms with Crippen LogP contribution >= 0.6 is 0 Å². The number of rotatable bonds is 21. The van der Waals surface area contributed by atoms with Crippen molar-refractivity contribution in [2.75, 3.05) is 155 Å². The van der Waals surface area contributed by atoms with Gasteiger partial charge in [0.25, 0.3) is 0 Å². The lowest BCUT2D eigenvalue weighted by molar-refractivity contribution is -1.10. The number of hydrogen-bond acceptors (Lipinski definition) is 16. The molecule has 9 aromatic rings. The number of hydrogen-bond donors (Lipinski definition) is 2. The first-order valence-electron chi connectivity index (χ1n) is 48.7. The van der Waals surface area contributed by atoms with Gasteiger partial charge in [-0.3, -0.25) is 4.90 Å². The zero-order valence-electron chi connectivity index (χ0n) is 87.6. The topological polar surface area (TPSA) is 185 Å². The quantitative estimate of drug-likeness (QED) is 0.0299. The highest BCUT2D eigenvalue weighted by molar-refractivity contribution is 7.90. The summed E-state index contributed by atoms with van der Waals surface area (Å²) in [5.74, 6) is 4.04. The molecule has 2 N–H and O–H groups in total. The molecule has 8 aromatic carbocycles. The van der Waals surface area contributed by atoms with Gasteiger partial charge in [0.05, 0.1) is 104 Å². The maximum absolute atomic E-state index is 12.6. The van der Waals surface area contributed by atoms with E-state index in [-0.39, 0.29) is 15.3 Å². The first-order chi connectivity index (χ1) is 64.9. The average Bonchev–Trinajstić information content (AvgIpc) is 0.962. The number of nitrogens with zero attached hydrogens (tertiary/aromatic N) is 4. The van der Waals surface area contributed by atoms with Crippen LogP contribution in [0.25, 0.3) is 0 Å². The van der Waals surface area contributed by atoms with Crippen molar-refractivity contribution in [1.29, 1.82) is 0 Å². The summed E-state index contributed by atoms with van der Waals surface area (Å²) in [5.41, 5.74) is 9.16. The van der Waals surface area contributed by atoms with Crippen molar-refractivity contribution in [1.82, 2.24) is 9.80 Å². The Balaban J connectivity index is 0. The molecular weight excluding hydrogens is 1750 g/mol. The molecule has 3 aliphatic heterocycles. The van der Waals surface area contributed by atoms with E-state index < -0.39 is 33.2 Å². The highest BCUT2D eigenvalue weighted by Gasteiger charge is 2.30. The highest BCUT2D eigenvalue weighted by Crippen LogP contribution is 2.31. The molecule has 24 heteroatoms. The Kier molecular flexibility index (Phi) is 74.8. The smallest absolute Gasteiger partial charge is 0.416 e. The van der Waals surface area contributed by atoms with Crippen LogP contribution in [0.15, 0.2) is 216 Å². The second kappa shape index (κ2) is 78.8. The van der Waals surface area contributed by atoms with Gasteiger partial charge in [0.15, 0.2) is 32.8 Å². The number of esters is 1. The van der Waals surface area contributed by atoms with E-state index in [0.29, 0.717) is 41.8 Å². The third-order valence-corrected chi connectivity index (χ3v) is 23.3. The molecule has 1 saturated carbocycles. The molecule has 136 heavy (non-hydrogen) atoms. The van der Waals surface area contributed by atoms with Gasteiger partial charge in [0.1, 0.15) is 43.6 Å². The number of carbonyl (C=O) groups is 1. The van der Waals surface area contributed by atoms with Gasteiger partial charge in [-0.05, 0) is 241 Å². The van der Waals surface area contributed by atoms with E-state index in [1.807, 2.05) is 120 Å². The molecule has 3 saturated heterocycles. The summed E-state index contributed by atoms with van der Waals surface area (Å²) in [6, 6.07) is 60.0. The lowest BCUT2D eigenvalue weighted by atomic mass is 9.88. The van der Waals surface area contributed by atoms with Gasteiger partial charge >= 0.3 is 12.1 Å². The van der Waals surface area contributed by atoms with Crippen molar-refractivity contribution < 1.29 is 97.2 Å². The molecule has 0 amide bonds. The predicted molar refractivity (Wildman–Crippen MR) is 551 cm³/mol. The molecule has 0 radical (unpaired) electrons. The van der Waals surface area contributed by atoms with Crippen LogP contribution in [-0.2, 0) is 86.3 Å². The number of methoxy groups -OCH3 is 5. The summed E-state index contributed by atoms with van der Waals surface area (Å²) >= 11 is 0. The van der Waals surface area contributed by atoms with Crippen LogP contribution in [0.2, 0.25) is 0 Å². The van der Waals surface area contributed by atoms with Crippen LogP contribution in [0.1, 0.15) is 227 Å². The van der Waals surface area contributed by atoms with Crippen molar-refractivity contribution in [2.24, 2.45) is 5.92 Å². The number of ether oxygens (including phenoxy) is 8. The molecule has 1 atom stereocenters. The summed E-state index contributed by atoms with van der Waals surface area (Å²) in [6.45, 7) is 43.0. The molecule has 4 fully saturated rings. The predicted octanol–water partition coefficient (Wildman–Crippen LogP) is 26.7. The number of likely N-dealkylation sites (N-methyl/N-ethyl adjacent to an activating group) is 2. The van der Waals surface area contributed by atoms with Crippen LogP contribution in [0.4, 0.5) is 22.0 Å². The van der Waals surface area contributed by atoms with Gasteiger partial charge in [-0.1, -0.05) is 243 Å². The number of benzene rings is 8. The number of hydroxylamine groups is 6. The monoisotopic (exact) mass is 1930 g/mol. The molecule has 1 unspecified atom stereocenters. The Morgan fingerprint density at radius 3 is 1.32 bits per heavy atom. The Labute approximate surface area is 818 Å². The fourth-order valence-electron chi connectivity index (χ4n) is 12.4. The molecule has 1 aliphatic carbocycles. The van der Waals surface area contributed by atoms with E-state index in [1.54, 1.807) is 73.1 Å². The van der Waals surface area contributed by atoms with Crippen molar-refractivity contribution in [2.45, 2.75) is 237 Å². The summed E-state index contributed by atoms with van der Waals surface area (Å²) < 4.78 is 129. The van der Waals surface area contributed by atoms with E-state index in [4.69, 9.17) is 42.8 Å².